The molecule has 3 nitrogen and oxygen atoms in total. The van der Waals surface area contributed by atoms with Crippen molar-refractivity contribution in [3.05, 3.63) is 107 Å². The van der Waals surface area contributed by atoms with E-state index < -0.39 is 6.10 Å². The van der Waals surface area contributed by atoms with E-state index in [1.807, 2.05) is 30.3 Å². The molecule has 0 spiro atoms. The Balaban J connectivity index is 0.000000281. The van der Waals surface area contributed by atoms with Crippen molar-refractivity contribution >= 4 is 16.5 Å². The second-order valence-corrected chi connectivity index (χ2v) is 9.57. The van der Waals surface area contributed by atoms with Crippen LogP contribution < -0.4 is 0 Å². The van der Waals surface area contributed by atoms with Gasteiger partial charge in [0.25, 0.3) is 0 Å². The second kappa shape index (κ2) is 13.5. The normalized spacial score (nSPS) is 12.3. The molecule has 1 heterocycles. The first-order chi connectivity index (χ1) is 16.7. The predicted octanol–water partition coefficient (Wildman–Crippen LogP) is 7.87. The molecule has 1 radical (unpaired) electrons. The number of aromatic nitrogens is 1. The van der Waals surface area contributed by atoms with Crippen LogP contribution in [0.2, 0.25) is 0 Å². The molecule has 2 N–H and O–H groups in total. The van der Waals surface area contributed by atoms with E-state index >= 15 is 0 Å². The SMILES string of the molecule is CC(O)=C(c1ccccc1)C(C)O.Cc1[c-]c(-c2ccc3c(CC(C)C)cccc3n2)cc(C)c1.[Ir]. The Bertz CT molecular complexity index is 1290. The minimum Gasteiger partial charge on any atom is -0.512 e. The average molecular weight is 659 g/mol. The Hall–Kier alpha value is -2.78. The van der Waals surface area contributed by atoms with Crippen molar-refractivity contribution in [2.24, 2.45) is 5.92 Å². The van der Waals surface area contributed by atoms with Gasteiger partial charge < -0.3 is 10.2 Å². The zero-order valence-corrected chi connectivity index (χ0v) is 24.4. The summed E-state index contributed by atoms with van der Waals surface area (Å²) in [5.74, 6) is 0.819. The summed E-state index contributed by atoms with van der Waals surface area (Å²) >= 11 is 0. The van der Waals surface area contributed by atoms with Crippen molar-refractivity contribution < 1.29 is 30.3 Å². The van der Waals surface area contributed by atoms with Crippen LogP contribution in [0.25, 0.3) is 27.7 Å². The average Bonchev–Trinajstić information content (AvgIpc) is 2.79. The zero-order chi connectivity index (χ0) is 25.5. The van der Waals surface area contributed by atoms with Crippen LogP contribution in [0.5, 0.6) is 0 Å². The Morgan fingerprint density at radius 1 is 0.917 bits per heavy atom. The minimum atomic E-state index is -0.646. The standard InChI is InChI=1S/C21H22N.C11H14O2.Ir/c1-14(2)10-17-6-5-7-21-19(17)8-9-20(22-21)18-12-15(3)11-16(4)13-18;1-8(12)11(9(2)13)10-6-4-3-5-7-10;/h5-9,11-12,14H,10H2,1-4H3;3-8,12-13H,1-2H3;/q-1;;. The van der Waals surface area contributed by atoms with Gasteiger partial charge in [0, 0.05) is 31.1 Å². The summed E-state index contributed by atoms with van der Waals surface area (Å²) in [5.41, 5.74) is 8.39. The second-order valence-electron chi connectivity index (χ2n) is 9.57. The van der Waals surface area contributed by atoms with E-state index in [0.717, 1.165) is 34.3 Å². The summed E-state index contributed by atoms with van der Waals surface area (Å²) in [6.07, 6.45) is 0.445. The number of aryl methyl sites for hydroxylation is 2. The number of hydrogen-bond acceptors (Lipinski definition) is 3. The van der Waals surface area contributed by atoms with Crippen LogP contribution in [0.1, 0.15) is 49.9 Å². The number of nitrogens with zero attached hydrogens (tertiary/aromatic N) is 1. The molecule has 0 bridgehead atoms. The summed E-state index contributed by atoms with van der Waals surface area (Å²) in [6, 6.07) is 27.8. The van der Waals surface area contributed by atoms with Crippen molar-refractivity contribution in [1.82, 2.24) is 4.98 Å². The van der Waals surface area contributed by atoms with Gasteiger partial charge in [-0.2, -0.15) is 0 Å². The monoisotopic (exact) mass is 659 g/mol. The summed E-state index contributed by atoms with van der Waals surface area (Å²) < 4.78 is 0. The fraction of sp³-hybridized carbons (Fsp3) is 0.281. The molecule has 0 aliphatic carbocycles. The van der Waals surface area contributed by atoms with E-state index in [0.29, 0.717) is 11.5 Å². The molecule has 4 rings (SSSR count). The number of rotatable bonds is 5. The van der Waals surface area contributed by atoms with Crippen molar-refractivity contribution in [3.8, 4) is 11.3 Å². The zero-order valence-electron chi connectivity index (χ0n) is 22.0. The maximum absolute atomic E-state index is 9.42. The van der Waals surface area contributed by atoms with Gasteiger partial charge in [0.1, 0.15) is 0 Å². The van der Waals surface area contributed by atoms with Gasteiger partial charge in [-0.25, -0.2) is 0 Å². The smallest absolute Gasteiger partial charge is 0.0955 e. The molecule has 1 atom stereocenters. The van der Waals surface area contributed by atoms with Gasteiger partial charge in [0.15, 0.2) is 0 Å². The summed E-state index contributed by atoms with van der Waals surface area (Å²) in [6.45, 7) is 11.9. The molecule has 0 aliphatic heterocycles. The number of aliphatic hydroxyl groups is 2. The van der Waals surface area contributed by atoms with Crippen molar-refractivity contribution in [2.75, 3.05) is 0 Å². The van der Waals surface area contributed by atoms with Crippen LogP contribution in [0.3, 0.4) is 0 Å². The molecule has 3 aromatic carbocycles. The molecular weight excluding hydrogens is 623 g/mol. The van der Waals surface area contributed by atoms with Crippen LogP contribution in [-0.4, -0.2) is 21.3 Å². The minimum absolute atomic E-state index is 0. The molecular formula is C32H36IrNO2-. The molecule has 0 fully saturated rings. The molecule has 4 aromatic rings. The maximum atomic E-state index is 9.42. The van der Waals surface area contributed by atoms with E-state index in [9.17, 15) is 10.2 Å². The summed E-state index contributed by atoms with van der Waals surface area (Å²) in [4.78, 5) is 4.86. The third-order valence-electron chi connectivity index (χ3n) is 5.77. The third kappa shape index (κ3) is 7.86. The number of fused-ring (bicyclic) bond motifs is 1. The Morgan fingerprint density at radius 3 is 2.19 bits per heavy atom. The first kappa shape index (κ1) is 29.4. The van der Waals surface area contributed by atoms with Crippen molar-refractivity contribution in [3.63, 3.8) is 0 Å². The summed E-state index contributed by atoms with van der Waals surface area (Å²) in [5, 5.41) is 20.0. The van der Waals surface area contributed by atoms with Crippen LogP contribution >= 0.6 is 0 Å². The number of benzene rings is 3. The largest absolute Gasteiger partial charge is 0.512 e. The fourth-order valence-corrected chi connectivity index (χ4v) is 4.39. The van der Waals surface area contributed by atoms with Crippen LogP contribution in [0, 0.1) is 25.8 Å². The van der Waals surface area contributed by atoms with Gasteiger partial charge in [0.05, 0.1) is 17.4 Å². The molecule has 1 unspecified atom stereocenters. The molecule has 0 amide bonds. The predicted molar refractivity (Wildman–Crippen MR) is 147 cm³/mol. The quantitative estimate of drug-likeness (QED) is 0.170. The van der Waals surface area contributed by atoms with Crippen molar-refractivity contribution in [1.29, 1.82) is 0 Å². The number of pyridine rings is 1. The summed E-state index contributed by atoms with van der Waals surface area (Å²) in [7, 11) is 0. The topological polar surface area (TPSA) is 53.4 Å². The molecule has 36 heavy (non-hydrogen) atoms. The number of allylic oxidation sites excluding steroid dienone is 1. The van der Waals surface area contributed by atoms with Crippen LogP contribution in [0.15, 0.2) is 78.6 Å². The van der Waals surface area contributed by atoms with Gasteiger partial charge in [-0.1, -0.05) is 82.3 Å². The Kier molecular flexibility index (Phi) is 11.0. The molecule has 0 aliphatic rings. The van der Waals surface area contributed by atoms with E-state index in [1.54, 1.807) is 13.8 Å². The number of hydrogen-bond donors (Lipinski definition) is 2. The van der Waals surface area contributed by atoms with Crippen LogP contribution in [0.4, 0.5) is 0 Å². The van der Waals surface area contributed by atoms with Crippen LogP contribution in [-0.2, 0) is 26.5 Å². The Labute approximate surface area is 229 Å². The first-order valence-corrected chi connectivity index (χ1v) is 12.2. The molecule has 0 saturated heterocycles. The van der Waals surface area contributed by atoms with Crippen molar-refractivity contribution in [2.45, 2.75) is 54.1 Å². The molecule has 191 valence electrons. The molecule has 4 heteroatoms. The van der Waals surface area contributed by atoms with E-state index in [1.165, 1.54) is 16.5 Å². The first-order valence-electron chi connectivity index (χ1n) is 12.2. The fourth-order valence-electron chi connectivity index (χ4n) is 4.39. The molecule has 0 saturated carbocycles. The third-order valence-corrected chi connectivity index (χ3v) is 5.77. The van der Waals surface area contributed by atoms with Gasteiger partial charge in [-0.3, -0.25) is 4.98 Å². The van der Waals surface area contributed by atoms with E-state index in [2.05, 4.69) is 76.2 Å². The number of aliphatic hydroxyl groups excluding tert-OH is 2. The molecule has 1 aromatic heterocycles. The van der Waals surface area contributed by atoms with Gasteiger partial charge in [-0.05, 0) is 49.1 Å². The maximum Gasteiger partial charge on any atom is 0.0955 e. The van der Waals surface area contributed by atoms with Gasteiger partial charge in [-0.15, -0.1) is 34.9 Å². The van der Waals surface area contributed by atoms with Gasteiger partial charge >= 0.3 is 0 Å². The van der Waals surface area contributed by atoms with E-state index in [-0.39, 0.29) is 25.9 Å². The van der Waals surface area contributed by atoms with E-state index in [4.69, 9.17) is 4.98 Å². The Morgan fingerprint density at radius 2 is 1.61 bits per heavy atom. The van der Waals surface area contributed by atoms with Gasteiger partial charge in [0.2, 0.25) is 0 Å².